The van der Waals surface area contributed by atoms with Crippen LogP contribution in [0.2, 0.25) is 0 Å². The summed E-state index contributed by atoms with van der Waals surface area (Å²) in [7, 11) is 0. The maximum atomic E-state index is 12.8. The Kier molecular flexibility index (Phi) is 17.9. The molecule has 8 heteroatoms. The number of phenolic OH excluding ortho intramolecular Hbond substituents is 1. The number of fused-ring (bicyclic) bond motifs is 1. The van der Waals surface area contributed by atoms with Crippen LogP contribution in [-0.4, -0.2) is 35.5 Å². The normalized spacial score (nSPS) is 12.6. The molecule has 0 saturated carbocycles. The van der Waals surface area contributed by atoms with Gasteiger partial charge in [-0.1, -0.05) is 121 Å². The monoisotopic (exact) mass is 810 g/mol. The van der Waals surface area contributed by atoms with Crippen LogP contribution in [0.1, 0.15) is 132 Å². The molecule has 8 nitrogen and oxygen atoms in total. The van der Waals surface area contributed by atoms with E-state index in [2.05, 4.69) is 41.2 Å². The largest absolute Gasteiger partial charge is 0.507 e. The second-order valence-electron chi connectivity index (χ2n) is 15.8. The standard InChI is InChI=1S/C52H62N2O6/c1-2-3-4-5-6-7-8-9-10-11-13-18-36-58-46-33-34-48-50(38-46)60-51(54-48)41-23-28-44(29-24-41)53-39-43-27-32-47(37-49(43)55)59-52(56)42-25-30-45(31-26-42)57-35-19-14-12-15-20-40-21-16-17-22-40/h16-17,21-34,37-40,55H,2-15,18-20,35-36H2,1H3. The van der Waals surface area contributed by atoms with E-state index >= 15 is 0 Å². The Morgan fingerprint density at radius 1 is 0.683 bits per heavy atom. The van der Waals surface area contributed by atoms with Gasteiger partial charge >= 0.3 is 5.97 Å². The lowest BCUT2D eigenvalue weighted by Gasteiger charge is -2.09. The summed E-state index contributed by atoms with van der Waals surface area (Å²) in [4.78, 5) is 22.0. The number of nitrogens with zero attached hydrogens (tertiary/aromatic N) is 2. The number of benzene rings is 4. The van der Waals surface area contributed by atoms with Gasteiger partial charge in [-0.05, 0) is 98.0 Å². The topological polar surface area (TPSA) is 103 Å². The number of esters is 1. The Balaban J connectivity index is 0.884. The van der Waals surface area contributed by atoms with Gasteiger partial charge in [-0.15, -0.1) is 0 Å². The Morgan fingerprint density at radius 2 is 1.28 bits per heavy atom. The molecule has 0 radical (unpaired) electrons. The number of rotatable bonds is 27. The number of oxazole rings is 1. The molecule has 5 aromatic rings. The summed E-state index contributed by atoms with van der Waals surface area (Å²) in [6.07, 6.45) is 31.9. The lowest BCUT2D eigenvalue weighted by molar-refractivity contribution is 0.0734. The van der Waals surface area contributed by atoms with E-state index in [1.165, 1.54) is 96.0 Å². The summed E-state index contributed by atoms with van der Waals surface area (Å²) < 4.78 is 23.5. The first-order valence-corrected chi connectivity index (χ1v) is 22.3. The average Bonchev–Trinajstić information content (AvgIpc) is 3.95. The number of carbonyl (C=O) groups is 1. The molecule has 0 unspecified atom stereocenters. The van der Waals surface area contributed by atoms with Crippen molar-refractivity contribution in [1.82, 2.24) is 4.98 Å². The molecule has 0 saturated heterocycles. The van der Waals surface area contributed by atoms with Gasteiger partial charge in [-0.2, -0.15) is 0 Å². The number of allylic oxidation sites excluding steroid dienone is 4. The Morgan fingerprint density at radius 3 is 1.95 bits per heavy atom. The molecular formula is C52H62N2O6. The van der Waals surface area contributed by atoms with Crippen LogP contribution in [0.3, 0.4) is 0 Å². The van der Waals surface area contributed by atoms with Crippen molar-refractivity contribution >= 4 is 29.0 Å². The Labute approximate surface area is 356 Å². The minimum atomic E-state index is -0.521. The quantitative estimate of drug-likeness (QED) is 0.0244. The highest BCUT2D eigenvalue weighted by Gasteiger charge is 2.12. The zero-order valence-electron chi connectivity index (χ0n) is 35.4. The first-order chi connectivity index (χ1) is 29.5. The van der Waals surface area contributed by atoms with Gasteiger partial charge in [0.05, 0.1) is 24.5 Å². The fraction of sp³-hybridized carbons (Fsp3) is 0.404. The molecular weight excluding hydrogens is 749 g/mol. The third-order valence-electron chi connectivity index (χ3n) is 10.9. The molecule has 1 N–H and O–H groups in total. The van der Waals surface area contributed by atoms with Crippen LogP contribution in [0.25, 0.3) is 22.6 Å². The molecule has 60 heavy (non-hydrogen) atoms. The molecule has 0 fully saturated rings. The maximum Gasteiger partial charge on any atom is 0.343 e. The molecule has 1 heterocycles. The van der Waals surface area contributed by atoms with Gasteiger partial charge in [0, 0.05) is 29.5 Å². The second-order valence-corrected chi connectivity index (χ2v) is 15.8. The molecule has 1 aromatic heterocycles. The smallest absolute Gasteiger partial charge is 0.343 e. The van der Waals surface area contributed by atoms with Gasteiger partial charge in [0.1, 0.15) is 28.5 Å². The van der Waals surface area contributed by atoms with Crippen molar-refractivity contribution in [1.29, 1.82) is 0 Å². The zero-order chi connectivity index (χ0) is 41.6. The molecule has 316 valence electrons. The van der Waals surface area contributed by atoms with Crippen molar-refractivity contribution in [2.75, 3.05) is 13.2 Å². The molecule has 4 aromatic carbocycles. The van der Waals surface area contributed by atoms with Gasteiger partial charge in [-0.3, -0.25) is 4.99 Å². The van der Waals surface area contributed by atoms with Gasteiger partial charge in [0.2, 0.25) is 5.89 Å². The van der Waals surface area contributed by atoms with E-state index in [-0.39, 0.29) is 11.5 Å². The number of carbonyl (C=O) groups excluding carboxylic acids is 1. The van der Waals surface area contributed by atoms with Gasteiger partial charge < -0.3 is 23.7 Å². The highest BCUT2D eigenvalue weighted by atomic mass is 16.5. The van der Waals surface area contributed by atoms with Crippen LogP contribution in [0.15, 0.2) is 119 Å². The number of ether oxygens (including phenoxy) is 3. The van der Waals surface area contributed by atoms with Crippen molar-refractivity contribution in [2.45, 2.75) is 116 Å². The number of hydrogen-bond donors (Lipinski definition) is 1. The number of unbranched alkanes of at least 4 members (excludes halogenated alkanes) is 14. The first kappa shape index (κ1) is 43.9. The SMILES string of the molecule is CCCCCCCCCCCCCCOc1ccc2nc(-c3ccc(N=Cc4ccc(OC(=O)c5ccc(OCCCCCCC6C=CC=C6)cc5)cc4O)cc3)oc2c1. The minimum Gasteiger partial charge on any atom is -0.507 e. The Hall–Kier alpha value is -5.63. The summed E-state index contributed by atoms with van der Waals surface area (Å²) in [6.45, 7) is 3.61. The van der Waals surface area contributed by atoms with Crippen molar-refractivity contribution in [3.05, 3.63) is 120 Å². The van der Waals surface area contributed by atoms with Crippen LogP contribution < -0.4 is 14.2 Å². The Bertz CT molecular complexity index is 2120. The van der Waals surface area contributed by atoms with Crippen molar-refractivity contribution < 1.29 is 28.5 Å². The molecule has 0 atom stereocenters. The van der Waals surface area contributed by atoms with Crippen molar-refractivity contribution in [3.8, 4) is 34.5 Å². The lowest BCUT2D eigenvalue weighted by atomic mass is 10.0. The highest BCUT2D eigenvalue weighted by molar-refractivity contribution is 5.91. The van der Waals surface area contributed by atoms with Crippen LogP contribution in [0, 0.1) is 5.92 Å². The van der Waals surface area contributed by atoms with E-state index in [0.29, 0.717) is 53.2 Å². The fourth-order valence-electron chi connectivity index (χ4n) is 7.33. The summed E-state index contributed by atoms with van der Waals surface area (Å²) >= 11 is 0. The number of aromatic hydroxyl groups is 1. The molecule has 6 rings (SSSR count). The molecule has 0 amide bonds. The summed E-state index contributed by atoms with van der Waals surface area (Å²) in [5.41, 5.74) is 3.85. The van der Waals surface area contributed by atoms with E-state index < -0.39 is 5.97 Å². The van der Waals surface area contributed by atoms with E-state index in [9.17, 15) is 9.90 Å². The highest BCUT2D eigenvalue weighted by Crippen LogP contribution is 2.30. The average molecular weight is 811 g/mol. The number of phenols is 1. The van der Waals surface area contributed by atoms with E-state index in [4.69, 9.17) is 18.6 Å². The molecule has 0 bridgehead atoms. The first-order valence-electron chi connectivity index (χ1n) is 22.3. The summed E-state index contributed by atoms with van der Waals surface area (Å²) in [6, 6.07) is 24.9. The molecule has 1 aliphatic rings. The zero-order valence-corrected chi connectivity index (χ0v) is 35.4. The maximum absolute atomic E-state index is 12.8. The summed E-state index contributed by atoms with van der Waals surface area (Å²) in [5, 5.41) is 10.7. The number of aliphatic imine (C=N–C) groups is 1. The minimum absolute atomic E-state index is 0.0551. The molecule has 1 aliphatic carbocycles. The number of hydrogen-bond acceptors (Lipinski definition) is 8. The number of aromatic nitrogens is 1. The van der Waals surface area contributed by atoms with E-state index in [1.807, 2.05) is 42.5 Å². The van der Waals surface area contributed by atoms with Gasteiger partial charge in [-0.25, -0.2) is 9.78 Å². The second kappa shape index (κ2) is 24.5. The third-order valence-corrected chi connectivity index (χ3v) is 10.9. The van der Waals surface area contributed by atoms with Crippen molar-refractivity contribution in [3.63, 3.8) is 0 Å². The van der Waals surface area contributed by atoms with Crippen LogP contribution in [0.5, 0.6) is 23.0 Å². The predicted molar refractivity (Wildman–Crippen MR) is 243 cm³/mol. The van der Waals surface area contributed by atoms with Crippen molar-refractivity contribution in [2.24, 2.45) is 10.9 Å². The fourth-order valence-corrected chi connectivity index (χ4v) is 7.33. The van der Waals surface area contributed by atoms with Gasteiger partial charge in [0.15, 0.2) is 5.58 Å². The van der Waals surface area contributed by atoms with E-state index in [1.54, 1.807) is 42.6 Å². The van der Waals surface area contributed by atoms with Crippen LogP contribution in [-0.2, 0) is 0 Å². The summed E-state index contributed by atoms with van der Waals surface area (Å²) in [5.74, 6) is 2.29. The lowest BCUT2D eigenvalue weighted by Crippen LogP contribution is -2.08. The molecule has 0 aliphatic heterocycles. The predicted octanol–water partition coefficient (Wildman–Crippen LogP) is 14.3. The third kappa shape index (κ3) is 14.6. The van der Waals surface area contributed by atoms with Gasteiger partial charge in [0.25, 0.3) is 0 Å². The van der Waals surface area contributed by atoms with E-state index in [0.717, 1.165) is 36.1 Å². The molecule has 0 spiro atoms. The van der Waals surface area contributed by atoms with Crippen LogP contribution >= 0.6 is 0 Å². The van der Waals surface area contributed by atoms with Crippen LogP contribution in [0.4, 0.5) is 5.69 Å².